The van der Waals surface area contributed by atoms with E-state index in [0.717, 1.165) is 0 Å². The van der Waals surface area contributed by atoms with Gasteiger partial charge < -0.3 is 15.2 Å². The summed E-state index contributed by atoms with van der Waals surface area (Å²) in [5, 5.41) is 19.9. The average molecular weight is 276 g/mol. The lowest BCUT2D eigenvalue weighted by molar-refractivity contribution is -0.144. The van der Waals surface area contributed by atoms with E-state index in [2.05, 4.69) is 5.32 Å². The Bertz CT molecular complexity index is 496. The van der Waals surface area contributed by atoms with Crippen molar-refractivity contribution in [2.24, 2.45) is 0 Å². The second kappa shape index (κ2) is 7.92. The molecule has 0 saturated heterocycles. The lowest BCUT2D eigenvalue weighted by Crippen LogP contribution is -2.43. The fourth-order valence-electron chi connectivity index (χ4n) is 1.74. The molecule has 0 bridgehead atoms. The Labute approximate surface area is 117 Å². The molecule has 20 heavy (non-hydrogen) atoms. The Kier molecular flexibility index (Phi) is 6.20. The van der Waals surface area contributed by atoms with Crippen LogP contribution in [0.3, 0.4) is 0 Å². The summed E-state index contributed by atoms with van der Waals surface area (Å²) >= 11 is 0. The number of rotatable bonds is 7. The van der Waals surface area contributed by atoms with E-state index in [1.54, 1.807) is 30.3 Å². The summed E-state index contributed by atoms with van der Waals surface area (Å²) in [6.45, 7) is 0. The highest BCUT2D eigenvalue weighted by atomic mass is 16.5. The smallest absolute Gasteiger partial charge is 0.326 e. The van der Waals surface area contributed by atoms with Crippen LogP contribution in [0.1, 0.15) is 24.5 Å². The molecule has 2 atom stereocenters. The van der Waals surface area contributed by atoms with E-state index in [-0.39, 0.29) is 12.8 Å². The van der Waals surface area contributed by atoms with Crippen molar-refractivity contribution in [3.05, 3.63) is 35.9 Å². The monoisotopic (exact) mass is 276 g/mol. The normalized spacial score (nSPS) is 13.0. The molecule has 6 nitrogen and oxygen atoms in total. The molecule has 2 N–H and O–H groups in total. The van der Waals surface area contributed by atoms with E-state index < -0.39 is 24.0 Å². The number of ether oxygens (including phenoxy) is 1. The Hall–Kier alpha value is -2.39. The number of amides is 1. The number of aliphatic carboxylic acids is 1. The van der Waals surface area contributed by atoms with Crippen LogP contribution in [0.25, 0.3) is 0 Å². The van der Waals surface area contributed by atoms with Crippen molar-refractivity contribution < 1.29 is 19.4 Å². The van der Waals surface area contributed by atoms with Crippen LogP contribution in [0.2, 0.25) is 0 Å². The Morgan fingerprint density at radius 2 is 2.05 bits per heavy atom. The van der Waals surface area contributed by atoms with E-state index in [9.17, 15) is 9.59 Å². The Morgan fingerprint density at radius 1 is 1.40 bits per heavy atom. The molecule has 0 spiro atoms. The van der Waals surface area contributed by atoms with Gasteiger partial charge in [-0.25, -0.2) is 4.79 Å². The van der Waals surface area contributed by atoms with Crippen molar-refractivity contribution in [1.29, 1.82) is 5.26 Å². The lowest BCUT2D eigenvalue weighted by atomic mass is 10.1. The maximum absolute atomic E-state index is 12.1. The molecule has 1 amide bonds. The van der Waals surface area contributed by atoms with Gasteiger partial charge in [-0.15, -0.1) is 0 Å². The largest absolute Gasteiger partial charge is 0.480 e. The van der Waals surface area contributed by atoms with Crippen LogP contribution >= 0.6 is 0 Å². The number of carbonyl (C=O) groups is 2. The molecule has 0 aliphatic heterocycles. The highest BCUT2D eigenvalue weighted by molar-refractivity contribution is 5.87. The molecule has 0 radical (unpaired) electrons. The number of methoxy groups -OCH3 is 1. The second-order valence-electron chi connectivity index (χ2n) is 4.12. The number of hydrogen-bond acceptors (Lipinski definition) is 4. The molecule has 1 rings (SSSR count). The predicted octanol–water partition coefficient (Wildman–Crippen LogP) is 1.25. The minimum absolute atomic E-state index is 0.0558. The number of nitrogens with one attached hydrogen (secondary N) is 1. The van der Waals surface area contributed by atoms with E-state index in [4.69, 9.17) is 15.1 Å². The molecule has 106 valence electrons. The van der Waals surface area contributed by atoms with Gasteiger partial charge in [0.05, 0.1) is 6.07 Å². The fourth-order valence-corrected chi connectivity index (χ4v) is 1.74. The summed E-state index contributed by atoms with van der Waals surface area (Å²) in [4.78, 5) is 23.1. The first-order chi connectivity index (χ1) is 9.60. The number of hydrogen-bond donors (Lipinski definition) is 2. The van der Waals surface area contributed by atoms with E-state index in [0.29, 0.717) is 5.56 Å². The molecular weight excluding hydrogens is 260 g/mol. The zero-order valence-corrected chi connectivity index (χ0v) is 11.1. The highest BCUT2D eigenvalue weighted by Gasteiger charge is 2.25. The first-order valence-corrected chi connectivity index (χ1v) is 6.08. The van der Waals surface area contributed by atoms with Gasteiger partial charge in [0.15, 0.2) is 6.10 Å². The van der Waals surface area contributed by atoms with E-state index in [1.807, 2.05) is 6.07 Å². The van der Waals surface area contributed by atoms with Gasteiger partial charge in [-0.1, -0.05) is 30.3 Å². The highest BCUT2D eigenvalue weighted by Crippen LogP contribution is 2.16. The second-order valence-corrected chi connectivity index (χ2v) is 4.12. The molecule has 0 aliphatic rings. The Balaban J connectivity index is 2.76. The number of nitrogens with zero attached hydrogens (tertiary/aromatic N) is 1. The minimum Gasteiger partial charge on any atom is -0.480 e. The van der Waals surface area contributed by atoms with Crippen LogP contribution in [0.5, 0.6) is 0 Å². The van der Waals surface area contributed by atoms with Crippen molar-refractivity contribution in [2.45, 2.75) is 25.0 Å². The summed E-state index contributed by atoms with van der Waals surface area (Å²) in [5.74, 6) is -1.71. The summed E-state index contributed by atoms with van der Waals surface area (Å²) in [6, 6.07) is 9.54. The van der Waals surface area contributed by atoms with E-state index in [1.165, 1.54) is 7.11 Å². The zero-order chi connectivity index (χ0) is 15.0. The molecule has 0 heterocycles. The van der Waals surface area contributed by atoms with Crippen molar-refractivity contribution >= 4 is 11.9 Å². The SMILES string of the molecule is CO[C@H](C(=O)N[C@@H](CCC#N)C(=O)O)c1ccccc1. The van der Waals surface area contributed by atoms with Crippen LogP contribution in [0.15, 0.2) is 30.3 Å². The topological polar surface area (TPSA) is 99.4 Å². The van der Waals surface area contributed by atoms with Crippen molar-refractivity contribution in [3.8, 4) is 6.07 Å². The fraction of sp³-hybridized carbons (Fsp3) is 0.357. The average Bonchev–Trinajstić information content (AvgIpc) is 2.45. The van der Waals surface area contributed by atoms with Crippen LogP contribution in [-0.4, -0.2) is 30.1 Å². The van der Waals surface area contributed by atoms with Gasteiger partial charge >= 0.3 is 5.97 Å². The molecule has 0 aliphatic carbocycles. The van der Waals surface area contributed by atoms with Gasteiger partial charge in [0.1, 0.15) is 6.04 Å². The maximum atomic E-state index is 12.1. The van der Waals surface area contributed by atoms with Gasteiger partial charge in [0.2, 0.25) is 0 Å². The first-order valence-electron chi connectivity index (χ1n) is 6.08. The van der Waals surface area contributed by atoms with Gasteiger partial charge in [-0.2, -0.15) is 5.26 Å². The van der Waals surface area contributed by atoms with Gasteiger partial charge in [0.25, 0.3) is 5.91 Å². The maximum Gasteiger partial charge on any atom is 0.326 e. The summed E-state index contributed by atoms with van der Waals surface area (Å²) in [7, 11) is 1.38. The third-order valence-corrected chi connectivity index (χ3v) is 2.74. The summed E-state index contributed by atoms with van der Waals surface area (Å²) in [6.07, 6.45) is -0.761. The van der Waals surface area contributed by atoms with E-state index >= 15 is 0 Å². The quantitative estimate of drug-likeness (QED) is 0.780. The summed E-state index contributed by atoms with van der Waals surface area (Å²) < 4.78 is 5.11. The molecule has 0 unspecified atom stereocenters. The molecule has 6 heteroatoms. The number of carbonyl (C=O) groups excluding carboxylic acids is 1. The third kappa shape index (κ3) is 4.37. The lowest BCUT2D eigenvalue weighted by Gasteiger charge is -2.19. The molecule has 0 aromatic heterocycles. The number of carboxylic acid groups (broad SMARTS) is 1. The third-order valence-electron chi connectivity index (χ3n) is 2.74. The minimum atomic E-state index is -1.17. The van der Waals surface area contributed by atoms with Gasteiger partial charge in [-0.3, -0.25) is 4.79 Å². The molecule has 1 aromatic carbocycles. The van der Waals surface area contributed by atoms with Crippen molar-refractivity contribution in [3.63, 3.8) is 0 Å². The van der Waals surface area contributed by atoms with Gasteiger partial charge in [-0.05, 0) is 12.0 Å². The van der Waals surface area contributed by atoms with Crippen LogP contribution in [0, 0.1) is 11.3 Å². The van der Waals surface area contributed by atoms with Crippen LogP contribution in [-0.2, 0) is 14.3 Å². The number of carboxylic acids is 1. The zero-order valence-electron chi connectivity index (χ0n) is 11.1. The molecule has 0 fully saturated rings. The van der Waals surface area contributed by atoms with Crippen molar-refractivity contribution in [2.75, 3.05) is 7.11 Å². The standard InChI is InChI=1S/C14H16N2O4/c1-20-12(10-6-3-2-4-7-10)13(17)16-11(14(18)19)8-5-9-15/h2-4,6-7,11-12H,5,8H2,1H3,(H,16,17)(H,18,19)/t11-,12-/m0/s1. The molecule has 0 saturated carbocycles. The predicted molar refractivity (Wildman–Crippen MR) is 70.6 cm³/mol. The first kappa shape index (κ1) is 15.7. The number of nitriles is 1. The molecule has 1 aromatic rings. The summed E-state index contributed by atoms with van der Waals surface area (Å²) in [5.41, 5.74) is 0.636. The number of benzene rings is 1. The van der Waals surface area contributed by atoms with Crippen LogP contribution < -0.4 is 5.32 Å². The van der Waals surface area contributed by atoms with Crippen molar-refractivity contribution in [1.82, 2.24) is 5.32 Å². The van der Waals surface area contributed by atoms with Gasteiger partial charge in [0, 0.05) is 13.5 Å². The molecular formula is C14H16N2O4. The van der Waals surface area contributed by atoms with Crippen LogP contribution in [0.4, 0.5) is 0 Å². The Morgan fingerprint density at radius 3 is 2.55 bits per heavy atom.